The number of amides is 1. The van der Waals surface area contributed by atoms with E-state index in [1.165, 1.54) is 6.20 Å². The van der Waals surface area contributed by atoms with Crippen LogP contribution in [0, 0.1) is 0 Å². The largest absolute Gasteiger partial charge is 0.444 e. The van der Waals surface area contributed by atoms with Crippen molar-refractivity contribution in [3.05, 3.63) is 52.8 Å². The summed E-state index contributed by atoms with van der Waals surface area (Å²) < 4.78 is 5.26. The van der Waals surface area contributed by atoms with E-state index >= 15 is 0 Å². The number of hydrogen-bond acceptors (Lipinski definition) is 5. The van der Waals surface area contributed by atoms with Gasteiger partial charge in [-0.25, -0.2) is 14.8 Å². The van der Waals surface area contributed by atoms with Crippen LogP contribution in [0.3, 0.4) is 0 Å². The number of nitrogens with zero attached hydrogens (tertiary/aromatic N) is 5. The monoisotopic (exact) mass is 326 g/mol. The first-order valence-electron chi connectivity index (χ1n) is 7.31. The molecule has 124 valence electrons. The van der Waals surface area contributed by atoms with Crippen LogP contribution in [0.15, 0.2) is 41.6 Å². The predicted octanol–water partition coefficient (Wildman–Crippen LogP) is 4.30. The van der Waals surface area contributed by atoms with Crippen LogP contribution in [0.1, 0.15) is 26.6 Å². The van der Waals surface area contributed by atoms with Gasteiger partial charge in [0, 0.05) is 10.5 Å². The molecule has 0 aliphatic carbocycles. The van der Waals surface area contributed by atoms with Crippen molar-refractivity contribution >= 4 is 11.8 Å². The van der Waals surface area contributed by atoms with Crippen LogP contribution in [0.2, 0.25) is 0 Å². The van der Waals surface area contributed by atoms with Crippen LogP contribution < -0.4 is 5.32 Å². The number of azide groups is 1. The fourth-order valence-corrected chi connectivity index (χ4v) is 1.91. The third kappa shape index (κ3) is 4.96. The molecule has 24 heavy (non-hydrogen) atoms. The Bertz CT molecular complexity index is 764. The molecule has 0 fully saturated rings. The standard InChI is InChI=1S/C16H18N6O2/c1-16(2,3)24-15(23)20-12-9-18-13(10-19-22-17)21-14(12)11-7-5-4-6-8-11/h4-9H,10H2,1-3H3,(H,20,23). The van der Waals surface area contributed by atoms with E-state index in [4.69, 9.17) is 10.3 Å². The van der Waals surface area contributed by atoms with Gasteiger partial charge in [-0.05, 0) is 26.3 Å². The van der Waals surface area contributed by atoms with Gasteiger partial charge in [-0.2, -0.15) is 0 Å². The molecule has 1 aromatic heterocycles. The van der Waals surface area contributed by atoms with Gasteiger partial charge in [0.05, 0.1) is 24.1 Å². The molecule has 1 heterocycles. The molecule has 0 aliphatic rings. The number of ether oxygens (including phenoxy) is 1. The van der Waals surface area contributed by atoms with Gasteiger partial charge in [-0.1, -0.05) is 35.4 Å². The van der Waals surface area contributed by atoms with Crippen LogP contribution in [0.25, 0.3) is 21.7 Å². The van der Waals surface area contributed by atoms with Crippen LogP contribution in [0.5, 0.6) is 0 Å². The first-order valence-corrected chi connectivity index (χ1v) is 7.31. The van der Waals surface area contributed by atoms with Crippen molar-refractivity contribution in [1.29, 1.82) is 0 Å². The van der Waals surface area contributed by atoms with Crippen LogP contribution in [-0.2, 0) is 11.3 Å². The summed E-state index contributed by atoms with van der Waals surface area (Å²) in [5, 5.41) is 6.12. The molecule has 2 rings (SSSR count). The molecule has 0 saturated carbocycles. The fourth-order valence-electron chi connectivity index (χ4n) is 1.91. The van der Waals surface area contributed by atoms with E-state index in [0.29, 0.717) is 17.2 Å². The highest BCUT2D eigenvalue weighted by molar-refractivity contribution is 5.90. The van der Waals surface area contributed by atoms with Crippen molar-refractivity contribution in [3.8, 4) is 11.3 Å². The lowest BCUT2D eigenvalue weighted by atomic mass is 10.1. The molecule has 0 radical (unpaired) electrons. The minimum absolute atomic E-state index is 0.0308. The maximum Gasteiger partial charge on any atom is 0.412 e. The maximum atomic E-state index is 12.0. The molecule has 0 atom stereocenters. The quantitative estimate of drug-likeness (QED) is 0.512. The topological polar surface area (TPSA) is 113 Å². The summed E-state index contributed by atoms with van der Waals surface area (Å²) >= 11 is 0. The van der Waals surface area contributed by atoms with Crippen molar-refractivity contribution < 1.29 is 9.53 Å². The normalized spacial score (nSPS) is 10.6. The number of nitrogens with one attached hydrogen (secondary N) is 1. The highest BCUT2D eigenvalue weighted by atomic mass is 16.6. The van der Waals surface area contributed by atoms with Crippen LogP contribution in [-0.4, -0.2) is 21.7 Å². The van der Waals surface area contributed by atoms with Crippen molar-refractivity contribution in [2.45, 2.75) is 32.9 Å². The third-order valence-corrected chi connectivity index (χ3v) is 2.80. The molecule has 0 aliphatic heterocycles. The molecule has 0 bridgehead atoms. The van der Waals surface area contributed by atoms with E-state index in [1.807, 2.05) is 30.3 Å². The number of benzene rings is 1. The lowest BCUT2D eigenvalue weighted by Crippen LogP contribution is -2.27. The average molecular weight is 326 g/mol. The zero-order valence-electron chi connectivity index (χ0n) is 13.7. The Morgan fingerprint density at radius 2 is 2.04 bits per heavy atom. The fraction of sp³-hybridized carbons (Fsp3) is 0.312. The second-order valence-corrected chi connectivity index (χ2v) is 5.93. The molecule has 1 aromatic carbocycles. The summed E-state index contributed by atoms with van der Waals surface area (Å²) in [5.41, 5.74) is 9.56. The summed E-state index contributed by atoms with van der Waals surface area (Å²) in [4.78, 5) is 23.2. The SMILES string of the molecule is CC(C)(C)OC(=O)Nc1cnc(CN=[N+]=[N-])nc1-c1ccccc1. The van der Waals surface area contributed by atoms with Crippen LogP contribution >= 0.6 is 0 Å². The zero-order chi connectivity index (χ0) is 17.6. The van der Waals surface area contributed by atoms with E-state index < -0.39 is 11.7 Å². The average Bonchev–Trinajstić information content (AvgIpc) is 2.53. The summed E-state index contributed by atoms with van der Waals surface area (Å²) in [6.45, 7) is 5.38. The van der Waals surface area contributed by atoms with Crippen molar-refractivity contribution in [3.63, 3.8) is 0 Å². The Morgan fingerprint density at radius 1 is 1.33 bits per heavy atom. The van der Waals surface area contributed by atoms with Gasteiger partial charge in [-0.15, -0.1) is 0 Å². The Balaban J connectivity index is 2.36. The number of carbonyl (C=O) groups excluding carboxylic acids is 1. The first-order chi connectivity index (χ1) is 11.4. The zero-order valence-corrected chi connectivity index (χ0v) is 13.7. The molecular weight excluding hydrogens is 308 g/mol. The minimum Gasteiger partial charge on any atom is -0.444 e. The minimum atomic E-state index is -0.612. The van der Waals surface area contributed by atoms with E-state index in [0.717, 1.165) is 5.56 Å². The Morgan fingerprint density at radius 3 is 2.67 bits per heavy atom. The van der Waals surface area contributed by atoms with Crippen LogP contribution in [0.4, 0.5) is 10.5 Å². The number of rotatable bonds is 4. The van der Waals surface area contributed by atoms with Gasteiger partial charge in [-0.3, -0.25) is 5.32 Å². The molecular formula is C16H18N6O2. The summed E-state index contributed by atoms with van der Waals surface area (Å²) in [6, 6.07) is 9.33. The second kappa shape index (κ2) is 7.43. The smallest absolute Gasteiger partial charge is 0.412 e. The van der Waals surface area contributed by atoms with Gasteiger partial charge >= 0.3 is 6.09 Å². The Labute approximate surface area is 139 Å². The second-order valence-electron chi connectivity index (χ2n) is 5.93. The molecule has 8 nitrogen and oxygen atoms in total. The first kappa shape index (κ1) is 17.2. The van der Waals surface area contributed by atoms with Gasteiger partial charge in [0.15, 0.2) is 0 Å². The number of anilines is 1. The highest BCUT2D eigenvalue weighted by Crippen LogP contribution is 2.26. The van der Waals surface area contributed by atoms with Gasteiger partial charge in [0.25, 0.3) is 0 Å². The molecule has 1 amide bonds. The number of hydrogen-bond donors (Lipinski definition) is 1. The molecule has 8 heteroatoms. The van der Waals surface area contributed by atoms with E-state index in [1.54, 1.807) is 20.8 Å². The molecule has 0 unspecified atom stereocenters. The van der Waals surface area contributed by atoms with Gasteiger partial charge < -0.3 is 4.74 Å². The lowest BCUT2D eigenvalue weighted by Gasteiger charge is -2.20. The van der Waals surface area contributed by atoms with Gasteiger partial charge in [0.1, 0.15) is 11.4 Å². The van der Waals surface area contributed by atoms with Gasteiger partial charge in [0.2, 0.25) is 0 Å². The van der Waals surface area contributed by atoms with Crippen molar-refractivity contribution in [2.75, 3.05) is 5.32 Å². The van der Waals surface area contributed by atoms with E-state index in [9.17, 15) is 4.79 Å². The Kier molecular flexibility index (Phi) is 5.34. The van der Waals surface area contributed by atoms with Crippen molar-refractivity contribution in [1.82, 2.24) is 9.97 Å². The van der Waals surface area contributed by atoms with Crippen molar-refractivity contribution in [2.24, 2.45) is 5.11 Å². The number of carbonyl (C=O) groups is 1. The highest BCUT2D eigenvalue weighted by Gasteiger charge is 2.18. The summed E-state index contributed by atoms with van der Waals surface area (Å²) in [6.07, 6.45) is 0.882. The Hall–Kier alpha value is -3.12. The number of aromatic nitrogens is 2. The maximum absolute atomic E-state index is 12.0. The molecule has 0 spiro atoms. The predicted molar refractivity (Wildman–Crippen MR) is 90.2 cm³/mol. The summed E-state index contributed by atoms with van der Waals surface area (Å²) in [5.74, 6) is 0.362. The van der Waals surface area contributed by atoms with E-state index in [2.05, 4.69) is 25.3 Å². The molecule has 2 aromatic rings. The molecule has 1 N–H and O–H groups in total. The third-order valence-electron chi connectivity index (χ3n) is 2.80. The molecule has 0 saturated heterocycles. The summed E-state index contributed by atoms with van der Waals surface area (Å²) in [7, 11) is 0. The lowest BCUT2D eigenvalue weighted by molar-refractivity contribution is 0.0636. The van der Waals surface area contributed by atoms with E-state index in [-0.39, 0.29) is 6.54 Å².